The van der Waals surface area contributed by atoms with E-state index in [-0.39, 0.29) is 5.92 Å². The van der Waals surface area contributed by atoms with E-state index in [1.165, 1.54) is 4.88 Å². The first kappa shape index (κ1) is 15.7. The summed E-state index contributed by atoms with van der Waals surface area (Å²) in [5.41, 5.74) is 3.20. The average molecular weight is 373 g/mol. The zero-order chi connectivity index (χ0) is 16.5. The Labute approximate surface area is 155 Å². The SMILES string of the molecule is Clc1ccc(C2CN(c3ccccc3)N=C2c2cccs2)c(Cl)c1. The van der Waals surface area contributed by atoms with E-state index in [4.69, 9.17) is 28.3 Å². The van der Waals surface area contributed by atoms with Crippen molar-refractivity contribution in [1.29, 1.82) is 0 Å². The lowest BCUT2D eigenvalue weighted by atomic mass is 9.93. The van der Waals surface area contributed by atoms with Gasteiger partial charge in [-0.3, -0.25) is 5.01 Å². The summed E-state index contributed by atoms with van der Waals surface area (Å²) in [7, 11) is 0. The molecule has 0 saturated carbocycles. The third-order valence-electron chi connectivity index (χ3n) is 4.08. The fourth-order valence-corrected chi connectivity index (χ4v) is 4.24. The highest BCUT2D eigenvalue weighted by molar-refractivity contribution is 7.12. The normalized spacial score (nSPS) is 17.2. The van der Waals surface area contributed by atoms with Gasteiger partial charge >= 0.3 is 0 Å². The Morgan fingerprint density at radius 1 is 1.00 bits per heavy atom. The van der Waals surface area contributed by atoms with Gasteiger partial charge < -0.3 is 0 Å². The Hall–Kier alpha value is -1.81. The summed E-state index contributed by atoms with van der Waals surface area (Å²) in [5.74, 6) is 0.119. The van der Waals surface area contributed by atoms with Crippen molar-refractivity contribution in [3.63, 3.8) is 0 Å². The third kappa shape index (κ3) is 2.95. The molecule has 0 radical (unpaired) electrons. The van der Waals surface area contributed by atoms with Gasteiger partial charge in [0.2, 0.25) is 0 Å². The second-order valence-electron chi connectivity index (χ2n) is 5.60. The molecule has 0 saturated heterocycles. The minimum atomic E-state index is 0.119. The smallest absolute Gasteiger partial charge is 0.0875 e. The first-order valence-corrected chi connectivity index (χ1v) is 9.26. The maximum Gasteiger partial charge on any atom is 0.0875 e. The summed E-state index contributed by atoms with van der Waals surface area (Å²) in [5, 5.41) is 10.3. The maximum atomic E-state index is 6.48. The molecule has 1 unspecified atom stereocenters. The number of anilines is 1. The van der Waals surface area contributed by atoms with Crippen molar-refractivity contribution in [2.24, 2.45) is 5.10 Å². The summed E-state index contributed by atoms with van der Waals surface area (Å²) >= 11 is 14.2. The van der Waals surface area contributed by atoms with Gasteiger partial charge in [0.05, 0.1) is 28.7 Å². The number of hydrogen-bond acceptors (Lipinski definition) is 3. The molecule has 2 aromatic carbocycles. The Morgan fingerprint density at radius 3 is 2.54 bits per heavy atom. The van der Waals surface area contributed by atoms with Crippen LogP contribution in [0.3, 0.4) is 0 Å². The lowest BCUT2D eigenvalue weighted by Crippen LogP contribution is -2.18. The minimum Gasteiger partial charge on any atom is -0.264 e. The summed E-state index contributed by atoms with van der Waals surface area (Å²) in [6, 6.07) is 20.1. The Kier molecular flexibility index (Phi) is 4.31. The van der Waals surface area contributed by atoms with Gasteiger partial charge in [0.1, 0.15) is 0 Å². The van der Waals surface area contributed by atoms with Crippen LogP contribution >= 0.6 is 34.5 Å². The van der Waals surface area contributed by atoms with Gasteiger partial charge in [-0.25, -0.2) is 0 Å². The molecule has 0 spiro atoms. The van der Waals surface area contributed by atoms with Crippen LogP contribution in [0.15, 0.2) is 71.1 Å². The molecular weight excluding hydrogens is 359 g/mol. The number of hydrogen-bond donors (Lipinski definition) is 0. The van der Waals surface area contributed by atoms with E-state index in [1.807, 2.05) is 41.4 Å². The highest BCUT2D eigenvalue weighted by Crippen LogP contribution is 2.36. The molecule has 2 heterocycles. The summed E-state index contributed by atoms with van der Waals surface area (Å²) < 4.78 is 0. The number of benzene rings is 2. The fraction of sp³-hybridized carbons (Fsp3) is 0.105. The Bertz CT molecular complexity index is 876. The predicted octanol–water partition coefficient (Wildman–Crippen LogP) is 6.06. The number of para-hydroxylation sites is 1. The molecule has 120 valence electrons. The minimum absolute atomic E-state index is 0.119. The van der Waals surface area contributed by atoms with Crippen LogP contribution in [0.2, 0.25) is 10.0 Å². The first-order valence-electron chi connectivity index (χ1n) is 7.62. The maximum absolute atomic E-state index is 6.48. The van der Waals surface area contributed by atoms with E-state index in [1.54, 1.807) is 17.4 Å². The monoisotopic (exact) mass is 372 g/mol. The van der Waals surface area contributed by atoms with Gasteiger partial charge in [0.25, 0.3) is 0 Å². The van der Waals surface area contributed by atoms with E-state index < -0.39 is 0 Å². The quantitative estimate of drug-likeness (QED) is 0.545. The second kappa shape index (κ2) is 6.60. The molecule has 1 aliphatic heterocycles. The number of hydrazone groups is 1. The molecule has 24 heavy (non-hydrogen) atoms. The van der Waals surface area contributed by atoms with Crippen LogP contribution in [0, 0.1) is 0 Å². The highest BCUT2D eigenvalue weighted by atomic mass is 35.5. The third-order valence-corrected chi connectivity index (χ3v) is 5.53. The van der Waals surface area contributed by atoms with Gasteiger partial charge in [-0.05, 0) is 41.3 Å². The van der Waals surface area contributed by atoms with Crippen LogP contribution < -0.4 is 5.01 Å². The molecule has 0 N–H and O–H groups in total. The van der Waals surface area contributed by atoms with Crippen LogP contribution in [0.1, 0.15) is 16.4 Å². The van der Waals surface area contributed by atoms with E-state index in [0.29, 0.717) is 10.0 Å². The molecule has 0 aliphatic carbocycles. The number of nitrogens with zero attached hydrogens (tertiary/aromatic N) is 2. The summed E-state index contributed by atoms with van der Waals surface area (Å²) in [6.07, 6.45) is 0. The summed E-state index contributed by atoms with van der Waals surface area (Å²) in [6.45, 7) is 0.762. The standard InChI is InChI=1S/C19H14Cl2N2S/c20-13-8-9-15(17(21)11-13)16-12-23(14-5-2-1-3-6-14)22-19(16)18-7-4-10-24-18/h1-11,16H,12H2. The van der Waals surface area contributed by atoms with Gasteiger partial charge in [-0.2, -0.15) is 5.10 Å². The van der Waals surface area contributed by atoms with E-state index in [2.05, 4.69) is 23.6 Å². The van der Waals surface area contributed by atoms with Crippen LogP contribution in [-0.2, 0) is 0 Å². The zero-order valence-electron chi connectivity index (χ0n) is 12.7. The first-order chi connectivity index (χ1) is 11.7. The van der Waals surface area contributed by atoms with Crippen molar-refractivity contribution in [3.05, 3.63) is 86.5 Å². The van der Waals surface area contributed by atoms with Crippen LogP contribution in [0.4, 0.5) is 5.69 Å². The number of halogens is 2. The van der Waals surface area contributed by atoms with E-state index in [0.717, 1.165) is 23.5 Å². The topological polar surface area (TPSA) is 15.6 Å². The molecule has 0 bridgehead atoms. The lowest BCUT2D eigenvalue weighted by molar-refractivity contribution is 0.851. The molecular formula is C19H14Cl2N2S. The molecule has 4 rings (SSSR count). The van der Waals surface area contributed by atoms with Crippen molar-refractivity contribution < 1.29 is 0 Å². The molecule has 3 aromatic rings. The molecule has 1 aromatic heterocycles. The second-order valence-corrected chi connectivity index (χ2v) is 7.39. The molecule has 0 fully saturated rings. The molecule has 5 heteroatoms. The van der Waals surface area contributed by atoms with Gasteiger partial charge in [-0.1, -0.05) is 53.5 Å². The van der Waals surface area contributed by atoms with Crippen molar-refractivity contribution in [1.82, 2.24) is 0 Å². The van der Waals surface area contributed by atoms with E-state index in [9.17, 15) is 0 Å². The Morgan fingerprint density at radius 2 is 1.83 bits per heavy atom. The van der Waals surface area contributed by atoms with Crippen LogP contribution in [0.5, 0.6) is 0 Å². The molecule has 2 nitrogen and oxygen atoms in total. The van der Waals surface area contributed by atoms with E-state index >= 15 is 0 Å². The van der Waals surface area contributed by atoms with Gasteiger partial charge in [0.15, 0.2) is 0 Å². The predicted molar refractivity (Wildman–Crippen MR) is 104 cm³/mol. The van der Waals surface area contributed by atoms with Gasteiger partial charge in [-0.15, -0.1) is 11.3 Å². The van der Waals surface area contributed by atoms with Crippen LogP contribution in [-0.4, -0.2) is 12.3 Å². The van der Waals surface area contributed by atoms with Crippen molar-refractivity contribution in [3.8, 4) is 0 Å². The van der Waals surface area contributed by atoms with Crippen molar-refractivity contribution >= 4 is 45.9 Å². The molecule has 1 atom stereocenters. The Balaban J connectivity index is 1.77. The summed E-state index contributed by atoms with van der Waals surface area (Å²) in [4.78, 5) is 1.17. The highest BCUT2D eigenvalue weighted by Gasteiger charge is 2.31. The average Bonchev–Trinajstić information content (AvgIpc) is 3.25. The number of thiophene rings is 1. The largest absolute Gasteiger partial charge is 0.264 e. The molecule has 1 aliphatic rings. The fourth-order valence-electron chi connectivity index (χ4n) is 2.94. The van der Waals surface area contributed by atoms with Crippen molar-refractivity contribution in [2.45, 2.75) is 5.92 Å². The zero-order valence-corrected chi connectivity index (χ0v) is 15.0. The van der Waals surface area contributed by atoms with Crippen LogP contribution in [0.25, 0.3) is 0 Å². The van der Waals surface area contributed by atoms with Crippen molar-refractivity contribution in [2.75, 3.05) is 11.6 Å². The number of rotatable bonds is 3. The molecule has 0 amide bonds. The lowest BCUT2D eigenvalue weighted by Gasteiger charge is -2.17. The van der Waals surface area contributed by atoms with Gasteiger partial charge in [0, 0.05) is 10.0 Å².